The van der Waals surface area contributed by atoms with Gasteiger partial charge in [0, 0.05) is 32.2 Å². The SMILES string of the molecule is COc1cc(CN2CCN[C@H](C)C2)ccc1OCc1c(C)noc1C.Cl. The molecule has 0 spiro atoms. The normalized spacial score (nSPS) is 17.6. The van der Waals surface area contributed by atoms with Crippen molar-refractivity contribution >= 4 is 12.4 Å². The zero-order chi connectivity index (χ0) is 17.8. The van der Waals surface area contributed by atoms with Crippen molar-refractivity contribution in [1.29, 1.82) is 0 Å². The second-order valence-electron chi connectivity index (χ2n) is 6.67. The van der Waals surface area contributed by atoms with Gasteiger partial charge in [-0.15, -0.1) is 12.4 Å². The molecule has 1 saturated heterocycles. The molecule has 6 nitrogen and oxygen atoms in total. The van der Waals surface area contributed by atoms with Crippen LogP contribution >= 0.6 is 12.4 Å². The average Bonchev–Trinajstić information content (AvgIpc) is 2.92. The Labute approximate surface area is 161 Å². The van der Waals surface area contributed by atoms with Crippen LogP contribution in [0.15, 0.2) is 22.7 Å². The smallest absolute Gasteiger partial charge is 0.161 e. The molecule has 1 N–H and O–H groups in total. The molecule has 26 heavy (non-hydrogen) atoms. The Morgan fingerprint density at radius 1 is 1.31 bits per heavy atom. The molecular formula is C19H28ClN3O3. The summed E-state index contributed by atoms with van der Waals surface area (Å²) >= 11 is 0. The van der Waals surface area contributed by atoms with E-state index in [9.17, 15) is 0 Å². The Balaban J connectivity index is 0.00000243. The number of piperazine rings is 1. The van der Waals surface area contributed by atoms with Gasteiger partial charge >= 0.3 is 0 Å². The number of ether oxygens (including phenoxy) is 2. The molecule has 0 bridgehead atoms. The highest BCUT2D eigenvalue weighted by Crippen LogP contribution is 2.30. The van der Waals surface area contributed by atoms with Gasteiger partial charge in [0.05, 0.1) is 18.4 Å². The van der Waals surface area contributed by atoms with Crippen molar-refractivity contribution in [2.75, 3.05) is 26.7 Å². The summed E-state index contributed by atoms with van der Waals surface area (Å²) in [6.45, 7) is 10.6. The van der Waals surface area contributed by atoms with Crippen LogP contribution in [0.4, 0.5) is 0 Å². The lowest BCUT2D eigenvalue weighted by Crippen LogP contribution is -2.48. The number of methoxy groups -OCH3 is 1. The first kappa shape index (κ1) is 20.6. The van der Waals surface area contributed by atoms with E-state index in [1.807, 2.05) is 19.9 Å². The second-order valence-corrected chi connectivity index (χ2v) is 6.67. The highest BCUT2D eigenvalue weighted by molar-refractivity contribution is 5.85. The van der Waals surface area contributed by atoms with Gasteiger partial charge in [-0.25, -0.2) is 0 Å². The molecule has 7 heteroatoms. The summed E-state index contributed by atoms with van der Waals surface area (Å²) in [5.74, 6) is 2.29. The van der Waals surface area contributed by atoms with Crippen molar-refractivity contribution in [2.24, 2.45) is 0 Å². The summed E-state index contributed by atoms with van der Waals surface area (Å²) in [7, 11) is 1.68. The van der Waals surface area contributed by atoms with Crippen molar-refractivity contribution in [3.05, 3.63) is 40.8 Å². The minimum Gasteiger partial charge on any atom is -0.493 e. The molecule has 1 fully saturated rings. The molecule has 2 aromatic rings. The molecule has 1 aliphatic heterocycles. The van der Waals surface area contributed by atoms with E-state index in [0.29, 0.717) is 12.6 Å². The quantitative estimate of drug-likeness (QED) is 0.829. The fraction of sp³-hybridized carbons (Fsp3) is 0.526. The van der Waals surface area contributed by atoms with E-state index in [1.165, 1.54) is 5.56 Å². The van der Waals surface area contributed by atoms with E-state index in [-0.39, 0.29) is 12.4 Å². The summed E-state index contributed by atoms with van der Waals surface area (Å²) in [5, 5.41) is 7.43. The van der Waals surface area contributed by atoms with Crippen LogP contribution in [-0.2, 0) is 13.2 Å². The number of aryl methyl sites for hydroxylation is 2. The van der Waals surface area contributed by atoms with Gasteiger partial charge in [-0.1, -0.05) is 11.2 Å². The van der Waals surface area contributed by atoms with Gasteiger partial charge in [0.15, 0.2) is 11.5 Å². The largest absolute Gasteiger partial charge is 0.493 e. The zero-order valence-electron chi connectivity index (χ0n) is 15.9. The lowest BCUT2D eigenvalue weighted by Gasteiger charge is -2.31. The molecule has 2 heterocycles. The number of benzene rings is 1. The third-order valence-corrected chi connectivity index (χ3v) is 4.64. The van der Waals surface area contributed by atoms with Gasteiger partial charge < -0.3 is 19.3 Å². The van der Waals surface area contributed by atoms with E-state index in [2.05, 4.69) is 34.4 Å². The molecule has 1 aromatic carbocycles. The van der Waals surface area contributed by atoms with Crippen LogP contribution in [0.2, 0.25) is 0 Å². The Kier molecular flexibility index (Phi) is 7.32. The van der Waals surface area contributed by atoms with Crippen LogP contribution in [0.25, 0.3) is 0 Å². The Morgan fingerprint density at radius 2 is 2.12 bits per heavy atom. The third kappa shape index (κ3) is 4.90. The van der Waals surface area contributed by atoms with Gasteiger partial charge in [-0.3, -0.25) is 4.90 Å². The van der Waals surface area contributed by atoms with Gasteiger partial charge in [-0.05, 0) is 38.5 Å². The lowest BCUT2D eigenvalue weighted by atomic mass is 10.1. The summed E-state index contributed by atoms with van der Waals surface area (Å²) in [4.78, 5) is 2.46. The predicted octanol–water partition coefficient (Wildman–Crippen LogP) is 3.09. The van der Waals surface area contributed by atoms with E-state index in [0.717, 1.165) is 54.7 Å². The fourth-order valence-corrected chi connectivity index (χ4v) is 3.20. The van der Waals surface area contributed by atoms with Crippen LogP contribution < -0.4 is 14.8 Å². The number of aromatic nitrogens is 1. The number of hydrogen-bond acceptors (Lipinski definition) is 6. The first-order valence-electron chi connectivity index (χ1n) is 8.74. The zero-order valence-corrected chi connectivity index (χ0v) is 16.7. The van der Waals surface area contributed by atoms with Crippen molar-refractivity contribution in [3.8, 4) is 11.5 Å². The maximum atomic E-state index is 5.95. The Morgan fingerprint density at radius 3 is 2.77 bits per heavy atom. The van der Waals surface area contributed by atoms with Gasteiger partial charge in [0.25, 0.3) is 0 Å². The van der Waals surface area contributed by atoms with E-state index >= 15 is 0 Å². The molecule has 144 valence electrons. The standard InChI is InChI=1S/C19H27N3O3.ClH/c1-13-10-22(8-7-20-13)11-16-5-6-18(19(9-16)23-4)24-12-17-14(2)21-25-15(17)3;/h5-6,9,13,20H,7-8,10-12H2,1-4H3;1H/t13-;/m1./s1. The molecule has 0 saturated carbocycles. The molecule has 3 rings (SSSR count). The Bertz CT molecular complexity index is 701. The van der Waals surface area contributed by atoms with E-state index in [4.69, 9.17) is 14.0 Å². The minimum atomic E-state index is 0. The molecule has 0 amide bonds. The summed E-state index contributed by atoms with van der Waals surface area (Å²) in [6.07, 6.45) is 0. The number of nitrogens with zero attached hydrogens (tertiary/aromatic N) is 2. The van der Waals surface area contributed by atoms with Crippen molar-refractivity contribution in [1.82, 2.24) is 15.4 Å². The highest BCUT2D eigenvalue weighted by Gasteiger charge is 2.17. The molecule has 0 unspecified atom stereocenters. The van der Waals surface area contributed by atoms with Crippen LogP contribution in [-0.4, -0.2) is 42.8 Å². The van der Waals surface area contributed by atoms with Crippen molar-refractivity contribution in [3.63, 3.8) is 0 Å². The summed E-state index contributed by atoms with van der Waals surface area (Å²) < 4.78 is 16.7. The van der Waals surface area contributed by atoms with Crippen LogP contribution in [0.1, 0.15) is 29.5 Å². The topological polar surface area (TPSA) is 59.8 Å². The molecule has 1 aromatic heterocycles. The fourth-order valence-electron chi connectivity index (χ4n) is 3.20. The first-order valence-corrected chi connectivity index (χ1v) is 8.74. The van der Waals surface area contributed by atoms with Gasteiger partial charge in [-0.2, -0.15) is 0 Å². The van der Waals surface area contributed by atoms with E-state index in [1.54, 1.807) is 7.11 Å². The van der Waals surface area contributed by atoms with E-state index < -0.39 is 0 Å². The summed E-state index contributed by atoms with van der Waals surface area (Å²) in [6, 6.07) is 6.69. The first-order chi connectivity index (χ1) is 12.1. The molecule has 0 aliphatic carbocycles. The van der Waals surface area contributed by atoms with Gasteiger partial charge in [0.1, 0.15) is 12.4 Å². The number of rotatable bonds is 6. The molecule has 1 aliphatic rings. The third-order valence-electron chi connectivity index (χ3n) is 4.64. The van der Waals surface area contributed by atoms with Crippen molar-refractivity contribution < 1.29 is 14.0 Å². The molecular weight excluding hydrogens is 354 g/mol. The maximum absolute atomic E-state index is 5.95. The highest BCUT2D eigenvalue weighted by atomic mass is 35.5. The van der Waals surface area contributed by atoms with Crippen LogP contribution in [0.5, 0.6) is 11.5 Å². The van der Waals surface area contributed by atoms with Crippen LogP contribution in [0.3, 0.4) is 0 Å². The second kappa shape index (κ2) is 9.26. The average molecular weight is 382 g/mol. The predicted molar refractivity (Wildman–Crippen MR) is 103 cm³/mol. The number of nitrogens with one attached hydrogen (secondary N) is 1. The number of hydrogen-bond donors (Lipinski definition) is 1. The summed E-state index contributed by atoms with van der Waals surface area (Å²) in [5.41, 5.74) is 3.08. The van der Waals surface area contributed by atoms with Crippen molar-refractivity contribution in [2.45, 2.75) is 40.0 Å². The monoisotopic (exact) mass is 381 g/mol. The maximum Gasteiger partial charge on any atom is 0.161 e. The molecule has 0 radical (unpaired) electrons. The lowest BCUT2D eigenvalue weighted by molar-refractivity contribution is 0.199. The van der Waals surface area contributed by atoms with Crippen LogP contribution in [0, 0.1) is 13.8 Å². The Hall–Kier alpha value is -1.76. The minimum absolute atomic E-state index is 0. The molecule has 1 atom stereocenters. The number of halogens is 1. The van der Waals surface area contributed by atoms with Gasteiger partial charge in [0.2, 0.25) is 0 Å².